The molecule has 0 aliphatic heterocycles. The van der Waals surface area contributed by atoms with E-state index in [0.717, 1.165) is 12.8 Å². The molecule has 2 N–H and O–H groups in total. The summed E-state index contributed by atoms with van der Waals surface area (Å²) in [4.78, 5) is 10.7. The number of carboxylic acids is 1. The third kappa shape index (κ3) is 3.36. The van der Waals surface area contributed by atoms with Crippen LogP contribution in [0.5, 0.6) is 0 Å². The Morgan fingerprint density at radius 1 is 1.44 bits per heavy atom. The lowest BCUT2D eigenvalue weighted by molar-refractivity contribution is 0.0697. The second-order valence-electron chi connectivity index (χ2n) is 4.33. The number of aromatic carboxylic acids is 1. The number of hydrogen-bond donors (Lipinski definition) is 2. The maximum Gasteiger partial charge on any atom is 0.337 e. The maximum absolute atomic E-state index is 11.7. The summed E-state index contributed by atoms with van der Waals surface area (Å²) in [7, 11) is -3.38. The predicted molar refractivity (Wildman–Crippen MR) is 68.5 cm³/mol. The molecule has 0 aromatic heterocycles. The van der Waals surface area contributed by atoms with Crippen molar-refractivity contribution < 1.29 is 18.3 Å². The number of nitrogens with one attached hydrogen (secondary N) is 1. The summed E-state index contributed by atoms with van der Waals surface area (Å²) in [6.45, 7) is 0. The predicted octanol–water partition coefficient (Wildman–Crippen LogP) is 2.19. The van der Waals surface area contributed by atoms with Gasteiger partial charge in [0.15, 0.2) is 0 Å². The van der Waals surface area contributed by atoms with Gasteiger partial charge in [0.25, 0.3) is 0 Å². The fourth-order valence-corrected chi connectivity index (χ4v) is 3.35. The molecule has 5 nitrogen and oxygen atoms in total. The number of sulfonamides is 1. The van der Waals surface area contributed by atoms with Gasteiger partial charge in [0.2, 0.25) is 10.0 Å². The van der Waals surface area contributed by atoms with Gasteiger partial charge < -0.3 is 5.11 Å². The SMILES string of the molecule is O=C(O)c1ccc(NS(=O)(=O)CC2CC2)cc1Cl. The Morgan fingerprint density at radius 2 is 2.11 bits per heavy atom. The second kappa shape index (κ2) is 4.78. The van der Waals surface area contributed by atoms with Gasteiger partial charge >= 0.3 is 5.97 Å². The minimum absolute atomic E-state index is 0.00845. The van der Waals surface area contributed by atoms with Crippen LogP contribution in [0.2, 0.25) is 5.02 Å². The number of carboxylic acid groups (broad SMARTS) is 1. The van der Waals surface area contributed by atoms with Crippen LogP contribution in [0.1, 0.15) is 23.2 Å². The van der Waals surface area contributed by atoms with E-state index in [4.69, 9.17) is 16.7 Å². The largest absolute Gasteiger partial charge is 0.478 e. The summed E-state index contributed by atoms with van der Waals surface area (Å²) in [6.07, 6.45) is 1.89. The van der Waals surface area contributed by atoms with Crippen molar-refractivity contribution in [2.24, 2.45) is 5.92 Å². The molecule has 0 amide bonds. The van der Waals surface area contributed by atoms with Gasteiger partial charge in [0.05, 0.1) is 16.3 Å². The molecule has 2 rings (SSSR count). The lowest BCUT2D eigenvalue weighted by Gasteiger charge is -2.08. The number of rotatable bonds is 5. The summed E-state index contributed by atoms with van der Waals surface area (Å²) >= 11 is 5.76. The van der Waals surface area contributed by atoms with Crippen molar-refractivity contribution in [3.05, 3.63) is 28.8 Å². The topological polar surface area (TPSA) is 83.5 Å². The van der Waals surface area contributed by atoms with Gasteiger partial charge in [-0.1, -0.05) is 11.6 Å². The molecule has 0 atom stereocenters. The number of hydrogen-bond acceptors (Lipinski definition) is 3. The fourth-order valence-electron chi connectivity index (χ4n) is 1.57. The highest BCUT2D eigenvalue weighted by molar-refractivity contribution is 7.92. The Bertz CT molecular complexity index is 581. The van der Waals surface area contributed by atoms with Crippen LogP contribution in [-0.4, -0.2) is 25.2 Å². The zero-order valence-electron chi connectivity index (χ0n) is 9.39. The van der Waals surface area contributed by atoms with E-state index in [0.29, 0.717) is 0 Å². The first-order chi connectivity index (χ1) is 8.37. The van der Waals surface area contributed by atoms with E-state index < -0.39 is 16.0 Å². The second-order valence-corrected chi connectivity index (χ2v) is 6.50. The molecule has 1 aliphatic carbocycles. The first-order valence-electron chi connectivity index (χ1n) is 5.41. The van der Waals surface area contributed by atoms with Gasteiger partial charge in [0.1, 0.15) is 0 Å². The van der Waals surface area contributed by atoms with Gasteiger partial charge in [-0.15, -0.1) is 0 Å². The average Bonchev–Trinajstić information content (AvgIpc) is 2.99. The fraction of sp³-hybridized carbons (Fsp3) is 0.364. The van der Waals surface area contributed by atoms with E-state index in [2.05, 4.69) is 4.72 Å². The molecule has 1 aromatic carbocycles. The highest BCUT2D eigenvalue weighted by Crippen LogP contribution is 2.31. The zero-order valence-corrected chi connectivity index (χ0v) is 11.0. The summed E-state index contributed by atoms with van der Waals surface area (Å²) in [5.41, 5.74) is 0.229. The molecule has 1 aliphatic rings. The smallest absolute Gasteiger partial charge is 0.337 e. The van der Waals surface area contributed by atoms with Crippen LogP contribution in [0.4, 0.5) is 5.69 Å². The first-order valence-corrected chi connectivity index (χ1v) is 7.44. The van der Waals surface area contributed by atoms with Gasteiger partial charge in [0, 0.05) is 5.69 Å². The molecular weight excluding hydrogens is 278 g/mol. The summed E-state index contributed by atoms with van der Waals surface area (Å²) < 4.78 is 25.8. The van der Waals surface area contributed by atoms with Gasteiger partial charge in [-0.3, -0.25) is 4.72 Å². The summed E-state index contributed by atoms with van der Waals surface area (Å²) in [5, 5.41) is 8.80. The highest BCUT2D eigenvalue weighted by atomic mass is 35.5. The van der Waals surface area contributed by atoms with Crippen LogP contribution in [0.25, 0.3) is 0 Å². The van der Waals surface area contributed by atoms with Gasteiger partial charge in [-0.05, 0) is 37.0 Å². The molecule has 0 saturated heterocycles. The maximum atomic E-state index is 11.7. The van der Waals surface area contributed by atoms with E-state index in [-0.39, 0.29) is 27.9 Å². The van der Waals surface area contributed by atoms with Crippen LogP contribution < -0.4 is 4.72 Å². The van der Waals surface area contributed by atoms with Crippen LogP contribution in [0, 0.1) is 5.92 Å². The molecule has 0 heterocycles. The molecule has 98 valence electrons. The minimum Gasteiger partial charge on any atom is -0.478 e. The van der Waals surface area contributed by atoms with Crippen molar-refractivity contribution in [1.82, 2.24) is 0 Å². The molecule has 0 bridgehead atoms. The highest BCUT2D eigenvalue weighted by Gasteiger charge is 2.28. The number of carbonyl (C=O) groups is 1. The van der Waals surface area contributed by atoms with E-state index in [1.807, 2.05) is 0 Å². The zero-order chi connectivity index (χ0) is 13.3. The average molecular weight is 290 g/mol. The van der Waals surface area contributed by atoms with Crippen LogP contribution >= 0.6 is 11.6 Å². The Labute approximate surface area is 110 Å². The normalized spacial score (nSPS) is 15.4. The Balaban J connectivity index is 2.14. The number of benzene rings is 1. The van der Waals surface area contributed by atoms with Crippen molar-refractivity contribution in [3.8, 4) is 0 Å². The van der Waals surface area contributed by atoms with Gasteiger partial charge in [-0.2, -0.15) is 0 Å². The molecule has 7 heteroatoms. The van der Waals surface area contributed by atoms with E-state index in [1.165, 1.54) is 18.2 Å². The molecule has 1 aromatic rings. The van der Waals surface area contributed by atoms with Gasteiger partial charge in [-0.25, -0.2) is 13.2 Å². The van der Waals surface area contributed by atoms with Crippen LogP contribution in [0.15, 0.2) is 18.2 Å². The monoisotopic (exact) mass is 289 g/mol. The number of halogens is 1. The van der Waals surface area contributed by atoms with Crippen LogP contribution in [-0.2, 0) is 10.0 Å². The van der Waals surface area contributed by atoms with Crippen molar-refractivity contribution in [2.75, 3.05) is 10.5 Å². The van der Waals surface area contributed by atoms with Crippen LogP contribution in [0.3, 0.4) is 0 Å². The Kier molecular flexibility index (Phi) is 3.49. The third-order valence-electron chi connectivity index (χ3n) is 2.62. The summed E-state index contributed by atoms with van der Waals surface area (Å²) in [6, 6.07) is 3.97. The Morgan fingerprint density at radius 3 is 2.61 bits per heavy atom. The van der Waals surface area contributed by atoms with E-state index >= 15 is 0 Å². The van der Waals surface area contributed by atoms with Crippen molar-refractivity contribution in [3.63, 3.8) is 0 Å². The molecule has 1 fully saturated rings. The van der Waals surface area contributed by atoms with Crippen molar-refractivity contribution in [1.29, 1.82) is 0 Å². The lowest BCUT2D eigenvalue weighted by atomic mass is 10.2. The minimum atomic E-state index is -3.38. The molecule has 0 spiro atoms. The molecule has 0 radical (unpaired) electrons. The summed E-state index contributed by atoms with van der Waals surface area (Å²) in [5.74, 6) is -0.797. The van der Waals surface area contributed by atoms with Crippen molar-refractivity contribution >= 4 is 33.3 Å². The molecule has 0 unspecified atom stereocenters. The molecule has 1 saturated carbocycles. The van der Waals surface area contributed by atoms with E-state index in [9.17, 15) is 13.2 Å². The standard InChI is InChI=1S/C11H12ClNO4S/c12-10-5-8(3-4-9(10)11(14)15)13-18(16,17)6-7-1-2-7/h3-5,7,13H,1-2,6H2,(H,14,15). The quantitative estimate of drug-likeness (QED) is 0.870. The lowest BCUT2D eigenvalue weighted by Crippen LogP contribution is -2.17. The molecular formula is C11H12ClNO4S. The molecule has 18 heavy (non-hydrogen) atoms. The first kappa shape index (κ1) is 13.2. The van der Waals surface area contributed by atoms with Crippen molar-refractivity contribution in [2.45, 2.75) is 12.8 Å². The third-order valence-corrected chi connectivity index (χ3v) is 4.39. The van der Waals surface area contributed by atoms with E-state index in [1.54, 1.807) is 0 Å². The Hall–Kier alpha value is -1.27. The number of anilines is 1.